The van der Waals surface area contributed by atoms with Crippen LogP contribution in [-0.4, -0.2) is 10.1 Å². The summed E-state index contributed by atoms with van der Waals surface area (Å²) in [6.07, 6.45) is 1.61. The number of nitrogen functional groups attached to an aromatic ring is 1. The number of hydrogen-bond acceptors (Lipinski definition) is 3. The molecule has 0 radical (unpaired) electrons. The summed E-state index contributed by atoms with van der Waals surface area (Å²) in [5, 5.41) is 8.96. The average molecular weight is 200 g/mol. The minimum Gasteiger partial charge on any atom is -0.398 e. The van der Waals surface area contributed by atoms with Gasteiger partial charge in [-0.1, -0.05) is 30.3 Å². The first-order valence-corrected chi connectivity index (χ1v) is 4.72. The van der Waals surface area contributed by atoms with Crippen molar-refractivity contribution < 1.29 is 5.11 Å². The van der Waals surface area contributed by atoms with Crippen molar-refractivity contribution >= 4 is 5.69 Å². The van der Waals surface area contributed by atoms with Gasteiger partial charge in [-0.05, 0) is 6.07 Å². The summed E-state index contributed by atoms with van der Waals surface area (Å²) in [5.41, 5.74) is 8.85. The topological polar surface area (TPSA) is 59.1 Å². The van der Waals surface area contributed by atoms with E-state index in [0.29, 0.717) is 11.3 Å². The summed E-state index contributed by atoms with van der Waals surface area (Å²) in [6, 6.07) is 11.6. The third-order valence-corrected chi connectivity index (χ3v) is 2.26. The van der Waals surface area contributed by atoms with Crippen molar-refractivity contribution in [2.24, 2.45) is 0 Å². The smallest absolute Gasteiger partial charge is 0.0722 e. The van der Waals surface area contributed by atoms with Gasteiger partial charge in [-0.25, -0.2) is 0 Å². The van der Waals surface area contributed by atoms with Gasteiger partial charge >= 0.3 is 0 Å². The number of benzene rings is 1. The van der Waals surface area contributed by atoms with Crippen LogP contribution < -0.4 is 5.73 Å². The van der Waals surface area contributed by atoms with Gasteiger partial charge in [0.2, 0.25) is 0 Å². The number of anilines is 1. The van der Waals surface area contributed by atoms with Gasteiger partial charge in [0.1, 0.15) is 0 Å². The fraction of sp³-hybridized carbons (Fsp3) is 0.0833. The maximum absolute atomic E-state index is 8.96. The standard InChI is InChI=1S/C12H12N2O/c13-11-6-12(14-7-10(11)8-15)9-4-2-1-3-5-9/h1-7,15H,8H2,(H2,13,14). The third-order valence-electron chi connectivity index (χ3n) is 2.26. The molecule has 0 bridgehead atoms. The molecular weight excluding hydrogens is 188 g/mol. The van der Waals surface area contributed by atoms with E-state index >= 15 is 0 Å². The van der Waals surface area contributed by atoms with Crippen LogP contribution in [-0.2, 0) is 6.61 Å². The quantitative estimate of drug-likeness (QED) is 0.777. The van der Waals surface area contributed by atoms with Gasteiger partial charge in [0.15, 0.2) is 0 Å². The highest BCUT2D eigenvalue weighted by Gasteiger charge is 2.02. The van der Waals surface area contributed by atoms with Crippen LogP contribution in [0, 0.1) is 0 Å². The lowest BCUT2D eigenvalue weighted by atomic mass is 10.1. The number of pyridine rings is 1. The van der Waals surface area contributed by atoms with Crippen LogP contribution in [0.1, 0.15) is 5.56 Å². The predicted octanol–water partition coefficient (Wildman–Crippen LogP) is 1.82. The second-order valence-electron chi connectivity index (χ2n) is 3.29. The molecule has 0 aliphatic heterocycles. The van der Waals surface area contributed by atoms with E-state index in [1.807, 2.05) is 30.3 Å². The van der Waals surface area contributed by atoms with Gasteiger partial charge < -0.3 is 10.8 Å². The maximum atomic E-state index is 8.96. The van der Waals surface area contributed by atoms with Gasteiger partial charge in [0, 0.05) is 23.0 Å². The molecule has 1 aromatic heterocycles. The highest BCUT2D eigenvalue weighted by molar-refractivity contribution is 5.64. The molecule has 0 saturated carbocycles. The molecule has 2 rings (SSSR count). The Morgan fingerprint density at radius 3 is 2.53 bits per heavy atom. The van der Waals surface area contributed by atoms with Crippen molar-refractivity contribution in [1.82, 2.24) is 4.98 Å². The summed E-state index contributed by atoms with van der Waals surface area (Å²) in [7, 11) is 0. The Labute approximate surface area is 88.2 Å². The number of aromatic nitrogens is 1. The molecule has 0 spiro atoms. The van der Waals surface area contributed by atoms with Crippen LogP contribution in [0.2, 0.25) is 0 Å². The first-order valence-electron chi connectivity index (χ1n) is 4.72. The summed E-state index contributed by atoms with van der Waals surface area (Å²) in [4.78, 5) is 4.24. The van der Waals surface area contributed by atoms with Crippen molar-refractivity contribution in [2.45, 2.75) is 6.61 Å². The number of nitrogens with zero attached hydrogens (tertiary/aromatic N) is 1. The van der Waals surface area contributed by atoms with Crippen LogP contribution in [0.4, 0.5) is 5.69 Å². The Hall–Kier alpha value is -1.87. The lowest BCUT2D eigenvalue weighted by Gasteiger charge is -2.05. The van der Waals surface area contributed by atoms with Gasteiger partial charge in [-0.15, -0.1) is 0 Å². The summed E-state index contributed by atoms with van der Waals surface area (Å²) in [6.45, 7) is -0.0755. The van der Waals surface area contributed by atoms with Crippen LogP contribution in [0.3, 0.4) is 0 Å². The van der Waals surface area contributed by atoms with Crippen LogP contribution in [0.25, 0.3) is 11.3 Å². The van der Waals surface area contributed by atoms with Crippen LogP contribution >= 0.6 is 0 Å². The van der Waals surface area contributed by atoms with Gasteiger partial charge in [0.25, 0.3) is 0 Å². The van der Waals surface area contributed by atoms with E-state index in [-0.39, 0.29) is 6.61 Å². The number of hydrogen-bond donors (Lipinski definition) is 2. The molecule has 0 aliphatic rings. The number of nitrogens with two attached hydrogens (primary N) is 1. The van der Waals surface area contributed by atoms with Crippen LogP contribution in [0.5, 0.6) is 0 Å². The molecule has 2 aromatic rings. The SMILES string of the molecule is Nc1cc(-c2ccccc2)ncc1CO. The van der Waals surface area contributed by atoms with Crippen molar-refractivity contribution in [3.63, 3.8) is 0 Å². The second-order valence-corrected chi connectivity index (χ2v) is 3.29. The molecule has 0 saturated heterocycles. The lowest BCUT2D eigenvalue weighted by Crippen LogP contribution is -1.96. The molecule has 0 amide bonds. The van der Waals surface area contributed by atoms with Crippen molar-refractivity contribution in [1.29, 1.82) is 0 Å². The fourth-order valence-electron chi connectivity index (χ4n) is 1.40. The summed E-state index contributed by atoms with van der Waals surface area (Å²) < 4.78 is 0. The van der Waals surface area contributed by atoms with E-state index in [1.165, 1.54) is 0 Å². The largest absolute Gasteiger partial charge is 0.398 e. The van der Waals surface area contributed by atoms with Crippen LogP contribution in [0.15, 0.2) is 42.6 Å². The summed E-state index contributed by atoms with van der Waals surface area (Å²) in [5.74, 6) is 0. The molecule has 0 unspecified atom stereocenters. The Morgan fingerprint density at radius 1 is 1.20 bits per heavy atom. The van der Waals surface area contributed by atoms with E-state index in [2.05, 4.69) is 4.98 Å². The molecule has 15 heavy (non-hydrogen) atoms. The number of aliphatic hydroxyl groups is 1. The molecule has 0 aliphatic carbocycles. The second kappa shape index (κ2) is 4.11. The first kappa shape index (κ1) is 9.68. The molecule has 1 heterocycles. The fourth-order valence-corrected chi connectivity index (χ4v) is 1.40. The van der Waals surface area contributed by atoms with Crippen molar-refractivity contribution in [3.8, 4) is 11.3 Å². The molecule has 3 N–H and O–H groups in total. The highest BCUT2D eigenvalue weighted by atomic mass is 16.3. The Kier molecular flexibility index (Phi) is 2.65. The van der Waals surface area contributed by atoms with Gasteiger partial charge in [0.05, 0.1) is 12.3 Å². The predicted molar refractivity (Wildman–Crippen MR) is 60.0 cm³/mol. The van der Waals surface area contributed by atoms with Gasteiger partial charge in [-0.3, -0.25) is 4.98 Å². The molecule has 76 valence electrons. The zero-order valence-electron chi connectivity index (χ0n) is 8.22. The normalized spacial score (nSPS) is 10.2. The molecule has 3 heteroatoms. The van der Waals surface area contributed by atoms with E-state index in [4.69, 9.17) is 10.8 Å². The monoisotopic (exact) mass is 200 g/mol. The van der Waals surface area contributed by atoms with Crippen molar-refractivity contribution in [2.75, 3.05) is 5.73 Å². The molecule has 0 atom stereocenters. The van der Waals surface area contributed by atoms with E-state index in [0.717, 1.165) is 11.3 Å². The zero-order chi connectivity index (χ0) is 10.7. The Balaban J connectivity index is 2.43. The number of aliphatic hydroxyl groups excluding tert-OH is 1. The molecular formula is C12H12N2O. The maximum Gasteiger partial charge on any atom is 0.0722 e. The Morgan fingerprint density at radius 2 is 1.93 bits per heavy atom. The van der Waals surface area contributed by atoms with E-state index in [9.17, 15) is 0 Å². The average Bonchev–Trinajstić information content (AvgIpc) is 2.30. The lowest BCUT2D eigenvalue weighted by molar-refractivity contribution is 0.282. The minimum absolute atomic E-state index is 0.0755. The van der Waals surface area contributed by atoms with E-state index < -0.39 is 0 Å². The molecule has 0 fully saturated rings. The first-order chi connectivity index (χ1) is 7.31. The van der Waals surface area contributed by atoms with Crippen molar-refractivity contribution in [3.05, 3.63) is 48.2 Å². The third kappa shape index (κ3) is 1.97. The minimum atomic E-state index is -0.0755. The highest BCUT2D eigenvalue weighted by Crippen LogP contribution is 2.20. The zero-order valence-corrected chi connectivity index (χ0v) is 8.22. The Bertz CT molecular complexity index is 454. The number of rotatable bonds is 2. The van der Waals surface area contributed by atoms with Gasteiger partial charge in [-0.2, -0.15) is 0 Å². The molecule has 1 aromatic carbocycles. The van der Waals surface area contributed by atoms with E-state index in [1.54, 1.807) is 12.3 Å². The summed E-state index contributed by atoms with van der Waals surface area (Å²) >= 11 is 0. The molecule has 3 nitrogen and oxygen atoms in total.